The standard InChI is InChI=1S/C18H20N2/c1-4-13-7-6-8-14(5-2)17(13)18-15-11-12(3)9-10-16(15)19-20-18/h6-11H,4-5H2,1-3H3,(H,19,20). The Labute approximate surface area is 119 Å². The molecule has 0 aliphatic heterocycles. The van der Waals surface area contributed by atoms with E-state index in [9.17, 15) is 0 Å². The Balaban J connectivity index is 2.33. The molecule has 102 valence electrons. The minimum Gasteiger partial charge on any atom is -0.277 e. The van der Waals surface area contributed by atoms with Crippen LogP contribution in [0, 0.1) is 6.92 Å². The van der Waals surface area contributed by atoms with Crippen molar-refractivity contribution in [2.24, 2.45) is 0 Å². The number of aryl methyl sites for hydroxylation is 3. The monoisotopic (exact) mass is 264 g/mol. The van der Waals surface area contributed by atoms with E-state index in [2.05, 4.69) is 67.4 Å². The third-order valence-corrected chi connectivity index (χ3v) is 3.95. The number of nitrogens with one attached hydrogen (secondary N) is 1. The van der Waals surface area contributed by atoms with Crippen LogP contribution >= 0.6 is 0 Å². The summed E-state index contributed by atoms with van der Waals surface area (Å²) in [4.78, 5) is 0. The molecule has 0 aliphatic rings. The van der Waals surface area contributed by atoms with Gasteiger partial charge in [0.25, 0.3) is 0 Å². The number of aromatic amines is 1. The van der Waals surface area contributed by atoms with Gasteiger partial charge in [-0.3, -0.25) is 5.10 Å². The molecule has 0 spiro atoms. The minimum absolute atomic E-state index is 1.03. The van der Waals surface area contributed by atoms with Gasteiger partial charge >= 0.3 is 0 Å². The van der Waals surface area contributed by atoms with Crippen LogP contribution in [-0.4, -0.2) is 10.2 Å². The highest BCUT2D eigenvalue weighted by molar-refractivity contribution is 5.94. The first-order valence-electron chi connectivity index (χ1n) is 7.30. The van der Waals surface area contributed by atoms with Crippen molar-refractivity contribution >= 4 is 10.9 Å². The van der Waals surface area contributed by atoms with E-state index in [4.69, 9.17) is 0 Å². The fourth-order valence-electron chi connectivity index (χ4n) is 2.87. The molecule has 1 aromatic heterocycles. The van der Waals surface area contributed by atoms with Crippen LogP contribution in [0.2, 0.25) is 0 Å². The first-order chi connectivity index (χ1) is 9.74. The van der Waals surface area contributed by atoms with E-state index in [0.717, 1.165) is 24.1 Å². The second-order valence-electron chi connectivity index (χ2n) is 5.28. The maximum Gasteiger partial charge on any atom is 0.100 e. The second-order valence-corrected chi connectivity index (χ2v) is 5.28. The largest absolute Gasteiger partial charge is 0.277 e. The fourth-order valence-corrected chi connectivity index (χ4v) is 2.87. The van der Waals surface area contributed by atoms with Gasteiger partial charge in [0, 0.05) is 10.9 Å². The van der Waals surface area contributed by atoms with Gasteiger partial charge in [-0.1, -0.05) is 43.7 Å². The highest BCUT2D eigenvalue weighted by Crippen LogP contribution is 2.33. The van der Waals surface area contributed by atoms with E-state index in [1.807, 2.05) is 0 Å². The maximum atomic E-state index is 4.60. The Bertz CT molecular complexity index is 731. The third-order valence-electron chi connectivity index (χ3n) is 3.95. The van der Waals surface area contributed by atoms with E-state index in [1.165, 1.54) is 27.6 Å². The lowest BCUT2D eigenvalue weighted by Crippen LogP contribution is -1.95. The van der Waals surface area contributed by atoms with Gasteiger partial charge in [-0.25, -0.2) is 0 Å². The molecule has 0 amide bonds. The van der Waals surface area contributed by atoms with Gasteiger partial charge in [-0.15, -0.1) is 0 Å². The molecule has 2 aromatic carbocycles. The molecule has 3 rings (SSSR count). The van der Waals surface area contributed by atoms with Gasteiger partial charge in [0.1, 0.15) is 5.69 Å². The van der Waals surface area contributed by atoms with Gasteiger partial charge in [0.15, 0.2) is 0 Å². The number of aromatic nitrogens is 2. The molecule has 0 unspecified atom stereocenters. The van der Waals surface area contributed by atoms with E-state index in [1.54, 1.807) is 0 Å². The highest BCUT2D eigenvalue weighted by atomic mass is 15.1. The van der Waals surface area contributed by atoms with E-state index in [0.29, 0.717) is 0 Å². The molecule has 2 heteroatoms. The zero-order valence-electron chi connectivity index (χ0n) is 12.3. The average Bonchev–Trinajstić information content (AvgIpc) is 2.88. The summed E-state index contributed by atoms with van der Waals surface area (Å²) >= 11 is 0. The van der Waals surface area contributed by atoms with Crippen LogP contribution in [0.25, 0.3) is 22.2 Å². The highest BCUT2D eigenvalue weighted by Gasteiger charge is 2.14. The Hall–Kier alpha value is -2.09. The van der Waals surface area contributed by atoms with Gasteiger partial charge in [-0.05, 0) is 43.0 Å². The van der Waals surface area contributed by atoms with E-state index in [-0.39, 0.29) is 0 Å². The summed E-state index contributed by atoms with van der Waals surface area (Å²) in [5.74, 6) is 0. The van der Waals surface area contributed by atoms with Crippen LogP contribution in [0.1, 0.15) is 30.5 Å². The molecular weight excluding hydrogens is 244 g/mol. The van der Waals surface area contributed by atoms with Crippen molar-refractivity contribution in [2.45, 2.75) is 33.6 Å². The Morgan fingerprint density at radius 1 is 1.00 bits per heavy atom. The molecule has 0 bridgehead atoms. The molecule has 0 atom stereocenters. The quantitative estimate of drug-likeness (QED) is 0.732. The normalized spacial score (nSPS) is 11.2. The number of fused-ring (bicyclic) bond motifs is 1. The van der Waals surface area contributed by atoms with Crippen molar-refractivity contribution in [1.29, 1.82) is 0 Å². The van der Waals surface area contributed by atoms with Gasteiger partial charge < -0.3 is 0 Å². The van der Waals surface area contributed by atoms with Crippen molar-refractivity contribution in [3.63, 3.8) is 0 Å². The minimum atomic E-state index is 1.03. The molecule has 0 saturated heterocycles. The van der Waals surface area contributed by atoms with Crippen molar-refractivity contribution < 1.29 is 0 Å². The summed E-state index contributed by atoms with van der Waals surface area (Å²) in [7, 11) is 0. The third kappa shape index (κ3) is 2.01. The van der Waals surface area contributed by atoms with Gasteiger partial charge in [-0.2, -0.15) is 5.10 Å². The number of hydrogen-bond acceptors (Lipinski definition) is 1. The molecule has 3 aromatic rings. The molecule has 0 saturated carbocycles. The maximum absolute atomic E-state index is 4.60. The van der Waals surface area contributed by atoms with Crippen LogP contribution in [-0.2, 0) is 12.8 Å². The number of H-pyrrole nitrogens is 1. The molecule has 0 aliphatic carbocycles. The topological polar surface area (TPSA) is 28.7 Å². The summed E-state index contributed by atoms with van der Waals surface area (Å²) in [5, 5.41) is 8.99. The SMILES string of the molecule is CCc1cccc(CC)c1-c1n[nH]c2ccc(C)cc12. The van der Waals surface area contributed by atoms with E-state index >= 15 is 0 Å². The average molecular weight is 264 g/mol. The van der Waals surface area contributed by atoms with Crippen LogP contribution in [0.15, 0.2) is 36.4 Å². The smallest absolute Gasteiger partial charge is 0.100 e. The van der Waals surface area contributed by atoms with Crippen LogP contribution < -0.4 is 0 Å². The molecular formula is C18H20N2. The molecule has 1 N–H and O–H groups in total. The molecule has 0 radical (unpaired) electrons. The predicted molar refractivity (Wildman–Crippen MR) is 85.0 cm³/mol. The van der Waals surface area contributed by atoms with Crippen molar-refractivity contribution in [3.8, 4) is 11.3 Å². The lowest BCUT2D eigenvalue weighted by molar-refractivity contribution is 1.07. The first kappa shape index (κ1) is 12.9. The Morgan fingerprint density at radius 3 is 2.35 bits per heavy atom. The van der Waals surface area contributed by atoms with Crippen molar-refractivity contribution in [2.75, 3.05) is 0 Å². The van der Waals surface area contributed by atoms with Crippen molar-refractivity contribution in [1.82, 2.24) is 10.2 Å². The van der Waals surface area contributed by atoms with Gasteiger partial charge in [0.05, 0.1) is 5.52 Å². The zero-order chi connectivity index (χ0) is 14.1. The van der Waals surface area contributed by atoms with Crippen LogP contribution in [0.3, 0.4) is 0 Å². The molecule has 0 fully saturated rings. The Morgan fingerprint density at radius 2 is 1.70 bits per heavy atom. The lowest BCUT2D eigenvalue weighted by Gasteiger charge is -2.11. The second kappa shape index (κ2) is 5.12. The Kier molecular flexibility index (Phi) is 3.31. The van der Waals surface area contributed by atoms with Crippen molar-refractivity contribution in [3.05, 3.63) is 53.1 Å². The summed E-state index contributed by atoms with van der Waals surface area (Å²) in [6.45, 7) is 6.54. The number of rotatable bonds is 3. The predicted octanol–water partition coefficient (Wildman–Crippen LogP) is 4.66. The number of hydrogen-bond donors (Lipinski definition) is 1. The fraction of sp³-hybridized carbons (Fsp3) is 0.278. The molecule has 20 heavy (non-hydrogen) atoms. The first-order valence-corrected chi connectivity index (χ1v) is 7.30. The molecule has 1 heterocycles. The summed E-state index contributed by atoms with van der Waals surface area (Å²) in [5.41, 5.74) is 7.54. The summed E-state index contributed by atoms with van der Waals surface area (Å²) < 4.78 is 0. The zero-order valence-corrected chi connectivity index (χ0v) is 12.3. The van der Waals surface area contributed by atoms with Gasteiger partial charge in [0.2, 0.25) is 0 Å². The summed E-state index contributed by atoms with van der Waals surface area (Å²) in [6.07, 6.45) is 2.06. The summed E-state index contributed by atoms with van der Waals surface area (Å²) in [6, 6.07) is 13.0. The van der Waals surface area contributed by atoms with E-state index < -0.39 is 0 Å². The van der Waals surface area contributed by atoms with Crippen LogP contribution in [0.5, 0.6) is 0 Å². The number of nitrogens with zero attached hydrogens (tertiary/aromatic N) is 1. The lowest BCUT2D eigenvalue weighted by atomic mass is 9.93. The van der Waals surface area contributed by atoms with Crippen LogP contribution in [0.4, 0.5) is 0 Å². The molecule has 2 nitrogen and oxygen atoms in total. The number of benzene rings is 2.